The third kappa shape index (κ3) is 5.35. The molecule has 0 aliphatic heterocycles. The number of halogens is 6. The number of carbonyl (C=O) groups excluding carboxylic acids is 2. The Bertz CT molecular complexity index is 1390. The van der Waals surface area contributed by atoms with Gasteiger partial charge in [0, 0.05) is 21.7 Å². The lowest BCUT2D eigenvalue weighted by Crippen LogP contribution is -2.18. The molecule has 4 rings (SSSR count). The first-order valence-electron chi connectivity index (χ1n) is 9.96. The van der Waals surface area contributed by atoms with Gasteiger partial charge in [-0.25, -0.2) is 4.39 Å². The molecule has 11 heteroatoms. The summed E-state index contributed by atoms with van der Waals surface area (Å²) in [6, 6.07) is 14.5. The number of nitriles is 1. The second-order valence-corrected chi connectivity index (χ2v) is 10.5. The fourth-order valence-corrected chi connectivity index (χ4v) is 5.27. The molecule has 0 aromatic heterocycles. The highest BCUT2D eigenvalue weighted by Gasteiger charge is 2.67. The lowest BCUT2D eigenvalue weighted by molar-refractivity contribution is -0.117. The SMILES string of the molecule is N#Cc1ccc(NC(=O)c2cc(NC(=O)[C@@H]3[C@@H](c4cc(Cl)cc(Cl)c4)C3(Cl)Cl)ccc2Cl)c(F)c1. The van der Waals surface area contributed by atoms with Crippen molar-refractivity contribution in [2.45, 2.75) is 10.3 Å². The van der Waals surface area contributed by atoms with Gasteiger partial charge in [-0.2, -0.15) is 5.26 Å². The van der Waals surface area contributed by atoms with Gasteiger partial charge in [0.2, 0.25) is 5.91 Å². The van der Waals surface area contributed by atoms with Crippen molar-refractivity contribution in [3.63, 3.8) is 0 Å². The third-order valence-electron chi connectivity index (χ3n) is 5.40. The molecule has 2 atom stereocenters. The van der Waals surface area contributed by atoms with Crippen LogP contribution in [0.4, 0.5) is 15.8 Å². The minimum absolute atomic E-state index is 0.00907. The zero-order valence-corrected chi connectivity index (χ0v) is 21.2. The van der Waals surface area contributed by atoms with Crippen LogP contribution in [0, 0.1) is 23.1 Å². The van der Waals surface area contributed by atoms with Gasteiger partial charge in [-0.1, -0.05) is 34.8 Å². The van der Waals surface area contributed by atoms with E-state index in [0.29, 0.717) is 15.6 Å². The van der Waals surface area contributed by atoms with E-state index in [2.05, 4.69) is 10.6 Å². The zero-order valence-electron chi connectivity index (χ0n) is 17.4. The lowest BCUT2D eigenvalue weighted by atomic mass is 10.1. The van der Waals surface area contributed by atoms with Crippen molar-refractivity contribution in [3.05, 3.63) is 92.2 Å². The summed E-state index contributed by atoms with van der Waals surface area (Å²) in [5, 5.41) is 14.8. The normalized spacial score (nSPS) is 17.9. The van der Waals surface area contributed by atoms with Crippen molar-refractivity contribution in [2.75, 3.05) is 10.6 Å². The maximum Gasteiger partial charge on any atom is 0.257 e. The standard InChI is InChI=1S/C24H13Cl5FN3O2/c25-13-6-12(7-14(26)8-13)20-21(24(20,28)29)23(35)32-15-2-3-17(27)16(9-15)22(34)33-19-4-1-11(10-31)5-18(19)30/h1-9,20-21H,(H,32,35)(H,33,34)/t20-,21+/m1/s1. The van der Waals surface area contributed by atoms with Crippen LogP contribution < -0.4 is 10.6 Å². The first-order valence-corrected chi connectivity index (χ1v) is 11.9. The molecule has 1 aliphatic carbocycles. The van der Waals surface area contributed by atoms with Gasteiger partial charge >= 0.3 is 0 Å². The van der Waals surface area contributed by atoms with Crippen LogP contribution in [0.3, 0.4) is 0 Å². The molecule has 1 aliphatic rings. The fourth-order valence-electron chi connectivity index (χ4n) is 3.70. The van der Waals surface area contributed by atoms with Crippen LogP contribution in [-0.2, 0) is 4.79 Å². The molecule has 178 valence electrons. The molecule has 0 unspecified atom stereocenters. The Morgan fingerprint density at radius 2 is 1.63 bits per heavy atom. The van der Waals surface area contributed by atoms with Crippen LogP contribution in [0.15, 0.2) is 54.6 Å². The predicted molar refractivity (Wildman–Crippen MR) is 136 cm³/mol. The summed E-state index contributed by atoms with van der Waals surface area (Å²) >= 11 is 31.0. The number of amides is 2. The summed E-state index contributed by atoms with van der Waals surface area (Å²) in [5.74, 6) is -3.32. The molecule has 2 amide bonds. The van der Waals surface area contributed by atoms with Crippen LogP contribution in [0.2, 0.25) is 15.1 Å². The largest absolute Gasteiger partial charge is 0.326 e. The average Bonchev–Trinajstić information content (AvgIpc) is 3.37. The van der Waals surface area contributed by atoms with E-state index in [-0.39, 0.29) is 27.5 Å². The molecule has 3 aromatic rings. The van der Waals surface area contributed by atoms with Crippen molar-refractivity contribution in [2.24, 2.45) is 5.92 Å². The number of nitrogens with zero attached hydrogens (tertiary/aromatic N) is 1. The van der Waals surface area contributed by atoms with Gasteiger partial charge in [0.25, 0.3) is 5.91 Å². The van der Waals surface area contributed by atoms with Crippen LogP contribution in [0.25, 0.3) is 0 Å². The summed E-state index contributed by atoms with van der Waals surface area (Å²) in [6.07, 6.45) is 0. The van der Waals surface area contributed by atoms with Crippen molar-refractivity contribution in [1.29, 1.82) is 5.26 Å². The Morgan fingerprint density at radius 3 is 2.26 bits per heavy atom. The molecule has 1 fully saturated rings. The number of rotatable bonds is 5. The number of carbonyl (C=O) groups is 2. The van der Waals surface area contributed by atoms with E-state index in [1.54, 1.807) is 18.2 Å². The molecule has 0 radical (unpaired) electrons. The minimum Gasteiger partial charge on any atom is -0.326 e. The highest BCUT2D eigenvalue weighted by atomic mass is 35.5. The molecular formula is C24H13Cl5FN3O2. The van der Waals surface area contributed by atoms with Crippen LogP contribution in [0.5, 0.6) is 0 Å². The van der Waals surface area contributed by atoms with E-state index >= 15 is 0 Å². The summed E-state index contributed by atoms with van der Waals surface area (Å²) in [5.41, 5.74) is 0.841. The molecular weight excluding hydrogens is 559 g/mol. The Hall–Kier alpha value is -2.53. The van der Waals surface area contributed by atoms with E-state index in [9.17, 15) is 14.0 Å². The Kier molecular flexibility index (Phi) is 7.19. The summed E-state index contributed by atoms with van der Waals surface area (Å²) in [7, 11) is 0. The second kappa shape index (κ2) is 9.85. The van der Waals surface area contributed by atoms with Crippen LogP contribution >= 0.6 is 58.0 Å². The van der Waals surface area contributed by atoms with Gasteiger partial charge in [0.15, 0.2) is 0 Å². The lowest BCUT2D eigenvalue weighted by Gasteiger charge is -2.11. The van der Waals surface area contributed by atoms with Crippen molar-refractivity contribution >= 4 is 81.2 Å². The number of alkyl halides is 2. The zero-order chi connectivity index (χ0) is 25.5. The summed E-state index contributed by atoms with van der Waals surface area (Å²) in [4.78, 5) is 25.7. The van der Waals surface area contributed by atoms with Crippen LogP contribution in [-0.4, -0.2) is 16.1 Å². The van der Waals surface area contributed by atoms with Gasteiger partial charge in [-0.15, -0.1) is 23.2 Å². The highest BCUT2D eigenvalue weighted by molar-refractivity contribution is 6.53. The number of nitrogens with one attached hydrogen (secondary N) is 2. The number of benzene rings is 3. The molecule has 35 heavy (non-hydrogen) atoms. The molecule has 3 aromatic carbocycles. The first-order chi connectivity index (χ1) is 16.5. The second-order valence-electron chi connectivity index (χ2n) is 7.78. The Balaban J connectivity index is 1.51. The van der Waals surface area contributed by atoms with E-state index in [1.807, 2.05) is 6.07 Å². The van der Waals surface area contributed by atoms with Gasteiger partial charge in [0.1, 0.15) is 10.2 Å². The Morgan fingerprint density at radius 1 is 0.943 bits per heavy atom. The maximum absolute atomic E-state index is 14.2. The minimum atomic E-state index is -1.38. The topological polar surface area (TPSA) is 82.0 Å². The van der Waals surface area contributed by atoms with E-state index in [1.165, 1.54) is 30.3 Å². The molecule has 2 N–H and O–H groups in total. The van der Waals surface area contributed by atoms with Crippen molar-refractivity contribution in [1.82, 2.24) is 0 Å². The summed E-state index contributed by atoms with van der Waals surface area (Å²) < 4.78 is 12.8. The molecule has 0 saturated heterocycles. The van der Waals surface area contributed by atoms with E-state index < -0.39 is 33.8 Å². The smallest absolute Gasteiger partial charge is 0.257 e. The predicted octanol–water partition coefficient (Wildman–Crippen LogP) is 7.44. The van der Waals surface area contributed by atoms with Gasteiger partial charge < -0.3 is 10.6 Å². The van der Waals surface area contributed by atoms with Crippen molar-refractivity contribution < 1.29 is 14.0 Å². The van der Waals surface area contributed by atoms with Gasteiger partial charge in [-0.3, -0.25) is 9.59 Å². The van der Waals surface area contributed by atoms with Crippen molar-refractivity contribution in [3.8, 4) is 6.07 Å². The fraction of sp³-hybridized carbons (Fsp3) is 0.125. The Labute approximate surface area is 224 Å². The quantitative estimate of drug-likeness (QED) is 0.313. The highest BCUT2D eigenvalue weighted by Crippen LogP contribution is 2.65. The molecule has 5 nitrogen and oxygen atoms in total. The molecule has 0 heterocycles. The first kappa shape index (κ1) is 25.6. The van der Waals surface area contributed by atoms with E-state index in [0.717, 1.165) is 6.07 Å². The monoisotopic (exact) mass is 569 g/mol. The third-order valence-corrected chi connectivity index (χ3v) is 7.11. The van der Waals surface area contributed by atoms with Gasteiger partial charge in [0.05, 0.1) is 33.8 Å². The van der Waals surface area contributed by atoms with E-state index in [4.69, 9.17) is 63.3 Å². The number of hydrogen-bond acceptors (Lipinski definition) is 3. The van der Waals surface area contributed by atoms with Gasteiger partial charge in [-0.05, 0) is 60.2 Å². The average molecular weight is 572 g/mol. The summed E-state index contributed by atoms with van der Waals surface area (Å²) in [6.45, 7) is 0. The number of hydrogen-bond donors (Lipinski definition) is 2. The molecule has 0 spiro atoms. The maximum atomic E-state index is 14.2. The molecule has 0 bridgehead atoms. The van der Waals surface area contributed by atoms with Crippen LogP contribution in [0.1, 0.15) is 27.4 Å². The molecule has 1 saturated carbocycles. The number of anilines is 2.